The molecule has 1 aromatic carbocycles. The molecule has 7 heteroatoms. The minimum absolute atomic E-state index is 0.0471. The summed E-state index contributed by atoms with van der Waals surface area (Å²) in [6, 6.07) is 8.74. The normalized spacial score (nSPS) is 17.5. The van der Waals surface area contributed by atoms with E-state index in [4.69, 9.17) is 4.99 Å². The van der Waals surface area contributed by atoms with E-state index in [2.05, 4.69) is 57.0 Å². The van der Waals surface area contributed by atoms with Crippen molar-refractivity contribution >= 4 is 27.8 Å². The Balaban J connectivity index is 2.08. The van der Waals surface area contributed by atoms with Crippen molar-refractivity contribution < 1.29 is 4.79 Å². The predicted molar refractivity (Wildman–Crippen MR) is 115 cm³/mol. The lowest BCUT2D eigenvalue weighted by Gasteiger charge is -2.27. The van der Waals surface area contributed by atoms with Gasteiger partial charge in [0.2, 0.25) is 5.91 Å². The second-order valence-corrected chi connectivity index (χ2v) is 7.93. The molecule has 2 rings (SSSR count). The molecule has 0 spiro atoms. The maximum absolute atomic E-state index is 12.0. The summed E-state index contributed by atoms with van der Waals surface area (Å²) < 4.78 is 1.06. The first-order chi connectivity index (χ1) is 12.9. The molecule has 0 bridgehead atoms. The summed E-state index contributed by atoms with van der Waals surface area (Å²) >= 11 is 3.46. The summed E-state index contributed by atoms with van der Waals surface area (Å²) in [5.74, 6) is 0.869. The van der Waals surface area contributed by atoms with Gasteiger partial charge in [0, 0.05) is 37.7 Å². The van der Waals surface area contributed by atoms with Crippen LogP contribution in [-0.2, 0) is 11.3 Å². The quantitative estimate of drug-likeness (QED) is 0.525. The lowest BCUT2D eigenvalue weighted by atomic mass is 10.2. The summed E-state index contributed by atoms with van der Waals surface area (Å²) in [4.78, 5) is 23.2. The first kappa shape index (κ1) is 21.7. The highest BCUT2D eigenvalue weighted by molar-refractivity contribution is 9.10. The van der Waals surface area contributed by atoms with E-state index in [1.54, 1.807) is 19.0 Å². The molecule has 1 aliphatic heterocycles. The zero-order valence-electron chi connectivity index (χ0n) is 16.9. The minimum atomic E-state index is 0.0471. The standard InChI is InChI=1S/C20H32BrN5O/c1-5-25(6-2)18-11-12-26(15-18)20(23-14-19(27)24(3)4)22-13-16-7-9-17(21)10-8-16/h7-10,18H,5-6,11-15H2,1-4H3,(H,22,23). The van der Waals surface area contributed by atoms with E-state index in [-0.39, 0.29) is 12.5 Å². The summed E-state index contributed by atoms with van der Waals surface area (Å²) in [5, 5.41) is 3.28. The highest BCUT2D eigenvalue weighted by Crippen LogP contribution is 2.16. The molecule has 0 aliphatic carbocycles. The zero-order chi connectivity index (χ0) is 19.8. The van der Waals surface area contributed by atoms with Crippen molar-refractivity contribution in [3.63, 3.8) is 0 Å². The zero-order valence-corrected chi connectivity index (χ0v) is 18.5. The number of benzene rings is 1. The lowest BCUT2D eigenvalue weighted by molar-refractivity contribution is -0.127. The molecule has 0 saturated carbocycles. The fraction of sp³-hybridized carbons (Fsp3) is 0.600. The molecule has 1 aromatic rings. The van der Waals surface area contributed by atoms with Crippen molar-refractivity contribution in [3.8, 4) is 0 Å². The van der Waals surface area contributed by atoms with E-state index in [9.17, 15) is 4.79 Å². The summed E-state index contributed by atoms with van der Waals surface area (Å²) in [7, 11) is 3.55. The van der Waals surface area contributed by atoms with Crippen LogP contribution in [0.5, 0.6) is 0 Å². The van der Waals surface area contributed by atoms with E-state index in [1.807, 2.05) is 12.1 Å². The van der Waals surface area contributed by atoms with Crippen molar-refractivity contribution in [2.24, 2.45) is 4.99 Å². The maximum atomic E-state index is 12.0. The third-order valence-electron chi connectivity index (χ3n) is 5.01. The molecular weight excluding hydrogens is 406 g/mol. The van der Waals surface area contributed by atoms with Crippen LogP contribution in [0.3, 0.4) is 0 Å². The fourth-order valence-corrected chi connectivity index (χ4v) is 3.57. The molecule has 150 valence electrons. The molecule has 0 radical (unpaired) electrons. The molecule has 1 N–H and O–H groups in total. The summed E-state index contributed by atoms with van der Waals surface area (Å²) in [6.07, 6.45) is 1.13. The second kappa shape index (κ2) is 10.7. The smallest absolute Gasteiger partial charge is 0.241 e. The van der Waals surface area contributed by atoms with Crippen molar-refractivity contribution in [1.82, 2.24) is 20.0 Å². The monoisotopic (exact) mass is 437 g/mol. The van der Waals surface area contributed by atoms with Gasteiger partial charge in [-0.25, -0.2) is 4.99 Å². The molecule has 1 amide bonds. The molecule has 1 atom stereocenters. The van der Waals surface area contributed by atoms with Crippen LogP contribution in [-0.4, -0.2) is 79.4 Å². The first-order valence-corrected chi connectivity index (χ1v) is 10.5. The SMILES string of the molecule is CCN(CC)C1CCN(C(=NCc2ccc(Br)cc2)NCC(=O)N(C)C)C1. The molecular formula is C20H32BrN5O. The second-order valence-electron chi connectivity index (χ2n) is 7.02. The van der Waals surface area contributed by atoms with E-state index >= 15 is 0 Å². The Morgan fingerprint density at radius 3 is 2.52 bits per heavy atom. The van der Waals surface area contributed by atoms with Crippen LogP contribution in [0.2, 0.25) is 0 Å². The first-order valence-electron chi connectivity index (χ1n) is 9.66. The largest absolute Gasteiger partial charge is 0.347 e. The van der Waals surface area contributed by atoms with Gasteiger partial charge in [-0.2, -0.15) is 0 Å². The summed E-state index contributed by atoms with van der Waals surface area (Å²) in [5.41, 5.74) is 1.15. The lowest BCUT2D eigenvalue weighted by Crippen LogP contribution is -2.46. The van der Waals surface area contributed by atoms with Crippen LogP contribution in [0.25, 0.3) is 0 Å². The Kier molecular flexibility index (Phi) is 8.57. The molecule has 1 aliphatic rings. The Labute approximate surface area is 171 Å². The number of likely N-dealkylation sites (N-methyl/N-ethyl adjacent to an activating group) is 2. The van der Waals surface area contributed by atoms with Crippen LogP contribution in [0.1, 0.15) is 25.8 Å². The third kappa shape index (κ3) is 6.50. The Morgan fingerprint density at radius 1 is 1.26 bits per heavy atom. The van der Waals surface area contributed by atoms with Crippen molar-refractivity contribution in [1.29, 1.82) is 0 Å². The highest BCUT2D eigenvalue weighted by atomic mass is 79.9. The van der Waals surface area contributed by atoms with Gasteiger partial charge in [0.05, 0.1) is 13.1 Å². The fourth-order valence-electron chi connectivity index (χ4n) is 3.31. The Bertz CT molecular complexity index is 628. The van der Waals surface area contributed by atoms with Gasteiger partial charge < -0.3 is 15.1 Å². The molecule has 1 heterocycles. The number of carbonyl (C=O) groups is 1. The highest BCUT2D eigenvalue weighted by Gasteiger charge is 2.28. The van der Waals surface area contributed by atoms with Crippen LogP contribution >= 0.6 is 15.9 Å². The van der Waals surface area contributed by atoms with Gasteiger partial charge in [-0.15, -0.1) is 0 Å². The number of guanidine groups is 1. The van der Waals surface area contributed by atoms with E-state index in [0.717, 1.165) is 48.6 Å². The number of aliphatic imine (C=N–C) groups is 1. The van der Waals surface area contributed by atoms with E-state index in [0.29, 0.717) is 12.6 Å². The average molecular weight is 438 g/mol. The molecule has 27 heavy (non-hydrogen) atoms. The number of nitrogens with one attached hydrogen (secondary N) is 1. The average Bonchev–Trinajstić information content (AvgIpc) is 3.13. The molecule has 1 unspecified atom stereocenters. The van der Waals surface area contributed by atoms with Crippen LogP contribution < -0.4 is 5.32 Å². The number of amides is 1. The van der Waals surface area contributed by atoms with Gasteiger partial charge in [0.25, 0.3) is 0 Å². The number of nitrogens with zero attached hydrogens (tertiary/aromatic N) is 4. The van der Waals surface area contributed by atoms with E-state index < -0.39 is 0 Å². The van der Waals surface area contributed by atoms with Gasteiger partial charge in [0.1, 0.15) is 0 Å². The van der Waals surface area contributed by atoms with Gasteiger partial charge in [-0.1, -0.05) is 41.9 Å². The molecule has 6 nitrogen and oxygen atoms in total. The van der Waals surface area contributed by atoms with Gasteiger partial charge in [-0.3, -0.25) is 9.69 Å². The van der Waals surface area contributed by atoms with Crippen molar-refractivity contribution in [2.75, 3.05) is 46.8 Å². The van der Waals surface area contributed by atoms with Crippen LogP contribution in [0, 0.1) is 0 Å². The van der Waals surface area contributed by atoms with Crippen LogP contribution in [0.4, 0.5) is 0 Å². The predicted octanol–water partition coefficient (Wildman–Crippen LogP) is 2.40. The van der Waals surface area contributed by atoms with Gasteiger partial charge in [0.15, 0.2) is 5.96 Å². The van der Waals surface area contributed by atoms with Crippen molar-refractivity contribution in [3.05, 3.63) is 34.3 Å². The summed E-state index contributed by atoms with van der Waals surface area (Å²) in [6.45, 7) is 9.32. The topological polar surface area (TPSA) is 51.2 Å². The maximum Gasteiger partial charge on any atom is 0.241 e. The number of likely N-dealkylation sites (tertiary alicyclic amines) is 1. The van der Waals surface area contributed by atoms with Gasteiger partial charge in [-0.05, 0) is 37.2 Å². The van der Waals surface area contributed by atoms with Crippen LogP contribution in [0.15, 0.2) is 33.7 Å². The molecule has 0 aromatic heterocycles. The Hall–Kier alpha value is -1.60. The number of hydrogen-bond donors (Lipinski definition) is 1. The minimum Gasteiger partial charge on any atom is -0.347 e. The number of carbonyl (C=O) groups excluding carboxylic acids is 1. The number of rotatable bonds is 7. The van der Waals surface area contributed by atoms with Crippen molar-refractivity contribution in [2.45, 2.75) is 32.9 Å². The third-order valence-corrected chi connectivity index (χ3v) is 5.54. The number of hydrogen-bond acceptors (Lipinski definition) is 3. The molecule has 1 fully saturated rings. The van der Waals surface area contributed by atoms with Gasteiger partial charge >= 0.3 is 0 Å². The van der Waals surface area contributed by atoms with E-state index in [1.165, 1.54) is 0 Å². The number of halogens is 1. The molecule has 1 saturated heterocycles. The Morgan fingerprint density at radius 2 is 1.93 bits per heavy atom.